The van der Waals surface area contributed by atoms with Crippen LogP contribution >= 0.6 is 11.3 Å². The number of thiazole rings is 1. The fraction of sp³-hybridized carbons (Fsp3) is 0.333. The summed E-state index contributed by atoms with van der Waals surface area (Å²) < 4.78 is 37.5. The maximum absolute atomic E-state index is 12.5. The minimum Gasteiger partial charge on any atom is -0.399 e. The molecule has 0 unspecified atom stereocenters. The molecule has 0 aromatic carbocycles. The van der Waals surface area contributed by atoms with E-state index in [0.717, 1.165) is 16.2 Å². The molecule has 0 fully saturated rings. The van der Waals surface area contributed by atoms with Crippen molar-refractivity contribution in [1.82, 2.24) is 9.97 Å². The molecule has 0 radical (unpaired) electrons. The van der Waals surface area contributed by atoms with E-state index in [4.69, 9.17) is 11.1 Å². The number of nitrogens with one attached hydrogen (secondary N) is 1. The quantitative estimate of drug-likeness (QED) is 0.784. The van der Waals surface area contributed by atoms with Crippen LogP contribution in [-0.2, 0) is 4.79 Å². The summed E-state index contributed by atoms with van der Waals surface area (Å²) in [5.41, 5.74) is 5.34. The molecule has 0 atom stereocenters. The molecule has 2 aromatic rings. The lowest BCUT2D eigenvalue weighted by Crippen LogP contribution is -2.39. The number of nitrogen functional groups attached to an aromatic ring is 1. The Balaban J connectivity index is 0.00000151. The van der Waals surface area contributed by atoms with Gasteiger partial charge in [0.05, 0.1) is 6.42 Å². The van der Waals surface area contributed by atoms with Crippen LogP contribution < -0.4 is 10.6 Å². The Morgan fingerprint density at radius 3 is 2.52 bits per heavy atom. The molecule has 25 heavy (non-hydrogen) atoms. The van der Waals surface area contributed by atoms with Crippen LogP contribution in [0.1, 0.15) is 25.3 Å². The Bertz CT molecular complexity index is 703. The van der Waals surface area contributed by atoms with Crippen LogP contribution in [0, 0.1) is 5.41 Å². The number of hydrogen-bond acceptors (Lipinski definition) is 6. The molecule has 0 aliphatic carbocycles. The van der Waals surface area contributed by atoms with Crippen LogP contribution in [0.2, 0.25) is 0 Å². The third-order valence-electron chi connectivity index (χ3n) is 2.77. The number of nitrogens with two attached hydrogens (primary N) is 1. The van der Waals surface area contributed by atoms with E-state index in [0.29, 0.717) is 0 Å². The number of pyridine rings is 1. The van der Waals surface area contributed by atoms with Crippen molar-refractivity contribution in [2.24, 2.45) is 0 Å². The molecule has 6 nitrogen and oxygen atoms in total. The van der Waals surface area contributed by atoms with Gasteiger partial charge in [0.1, 0.15) is 10.8 Å². The summed E-state index contributed by atoms with van der Waals surface area (Å²) in [7, 11) is 0. The SMILES string of the molecule is CC.N=C(C(=O)N(CCC(F)(F)F)c1cc(N)ccn1)c1nccs1. The highest BCUT2D eigenvalue weighted by Crippen LogP contribution is 2.23. The Kier molecular flexibility index (Phi) is 7.49. The number of nitrogens with zero attached hydrogens (tertiary/aromatic N) is 3. The summed E-state index contributed by atoms with van der Waals surface area (Å²) in [4.78, 5) is 20.9. The molecule has 2 rings (SSSR count). The fourth-order valence-electron chi connectivity index (χ4n) is 1.71. The first kappa shape index (κ1) is 20.6. The zero-order valence-electron chi connectivity index (χ0n) is 13.7. The number of anilines is 2. The van der Waals surface area contributed by atoms with Crippen molar-refractivity contribution >= 4 is 34.5 Å². The number of alkyl halides is 3. The van der Waals surface area contributed by atoms with E-state index in [2.05, 4.69) is 9.97 Å². The number of carbonyl (C=O) groups is 1. The van der Waals surface area contributed by atoms with Gasteiger partial charge in [0.2, 0.25) is 0 Å². The molecular formula is C15H18F3N5OS. The first-order valence-electron chi connectivity index (χ1n) is 7.36. The van der Waals surface area contributed by atoms with Gasteiger partial charge in [-0.15, -0.1) is 11.3 Å². The molecule has 2 heterocycles. The summed E-state index contributed by atoms with van der Waals surface area (Å²) >= 11 is 1.05. The first-order valence-corrected chi connectivity index (χ1v) is 8.24. The van der Waals surface area contributed by atoms with Crippen LogP contribution in [0.5, 0.6) is 0 Å². The minimum absolute atomic E-state index is 0.0412. The van der Waals surface area contributed by atoms with Crippen molar-refractivity contribution in [3.63, 3.8) is 0 Å². The van der Waals surface area contributed by atoms with Crippen LogP contribution in [0.25, 0.3) is 0 Å². The Morgan fingerprint density at radius 2 is 2.00 bits per heavy atom. The number of amides is 1. The van der Waals surface area contributed by atoms with Crippen molar-refractivity contribution in [3.05, 3.63) is 34.9 Å². The summed E-state index contributed by atoms with van der Waals surface area (Å²) in [6.07, 6.45) is -2.98. The van der Waals surface area contributed by atoms with Crippen LogP contribution in [0.3, 0.4) is 0 Å². The van der Waals surface area contributed by atoms with Gasteiger partial charge in [-0.2, -0.15) is 13.2 Å². The van der Waals surface area contributed by atoms with Gasteiger partial charge in [-0.3, -0.25) is 15.1 Å². The molecule has 0 aliphatic heterocycles. The second-order valence-corrected chi connectivity index (χ2v) is 5.38. The van der Waals surface area contributed by atoms with Gasteiger partial charge < -0.3 is 5.73 Å². The predicted molar refractivity (Wildman–Crippen MR) is 92.0 cm³/mol. The molecule has 1 amide bonds. The van der Waals surface area contributed by atoms with E-state index in [-0.39, 0.29) is 16.5 Å². The lowest BCUT2D eigenvalue weighted by molar-refractivity contribution is -0.133. The Labute approximate surface area is 147 Å². The van der Waals surface area contributed by atoms with Crippen molar-refractivity contribution in [2.45, 2.75) is 26.4 Å². The van der Waals surface area contributed by atoms with Crippen LogP contribution in [0.15, 0.2) is 29.9 Å². The summed E-state index contributed by atoms with van der Waals surface area (Å²) in [6.45, 7) is 3.34. The second-order valence-electron chi connectivity index (χ2n) is 4.48. The standard InChI is InChI=1S/C13H12F3N5OS.C2H6/c14-13(15,16)2-5-21(9-7-8(17)1-3-19-9)12(22)10(18)11-20-4-6-23-11;1-2/h1,3-4,6-7,18H,2,5H2,(H2,17,19);1-2H3. The summed E-state index contributed by atoms with van der Waals surface area (Å²) in [5, 5.41) is 9.52. The molecule has 0 aliphatic rings. The number of hydrogen-bond donors (Lipinski definition) is 2. The third-order valence-corrected chi connectivity index (χ3v) is 3.56. The maximum Gasteiger partial charge on any atom is 0.390 e. The summed E-state index contributed by atoms with van der Waals surface area (Å²) in [6, 6.07) is 2.73. The number of halogens is 3. The van der Waals surface area contributed by atoms with E-state index in [1.54, 1.807) is 5.38 Å². The average Bonchev–Trinajstić information content (AvgIpc) is 3.09. The molecule has 0 spiro atoms. The van der Waals surface area contributed by atoms with Gasteiger partial charge in [-0.25, -0.2) is 9.97 Å². The minimum atomic E-state index is -4.44. The molecule has 10 heteroatoms. The Hall–Kier alpha value is -2.49. The van der Waals surface area contributed by atoms with Gasteiger partial charge >= 0.3 is 6.18 Å². The molecule has 0 saturated heterocycles. The van der Waals surface area contributed by atoms with Gasteiger partial charge in [-0.1, -0.05) is 13.8 Å². The predicted octanol–water partition coefficient (Wildman–Crippen LogP) is 3.50. The Morgan fingerprint density at radius 1 is 1.32 bits per heavy atom. The van der Waals surface area contributed by atoms with Crippen molar-refractivity contribution in [3.8, 4) is 0 Å². The van der Waals surface area contributed by atoms with Gasteiger partial charge in [0, 0.05) is 36.1 Å². The van der Waals surface area contributed by atoms with Crippen LogP contribution in [0.4, 0.5) is 24.7 Å². The normalized spacial score (nSPS) is 10.6. The van der Waals surface area contributed by atoms with Crippen molar-refractivity contribution in [1.29, 1.82) is 5.41 Å². The highest BCUT2D eigenvalue weighted by Gasteiger charge is 2.31. The maximum atomic E-state index is 12.5. The van der Waals surface area contributed by atoms with E-state index >= 15 is 0 Å². The molecular weight excluding hydrogens is 355 g/mol. The number of aromatic nitrogens is 2. The monoisotopic (exact) mass is 373 g/mol. The molecule has 136 valence electrons. The van der Waals surface area contributed by atoms with Gasteiger partial charge in [-0.05, 0) is 6.07 Å². The van der Waals surface area contributed by atoms with E-state index in [9.17, 15) is 18.0 Å². The zero-order valence-corrected chi connectivity index (χ0v) is 14.5. The first-order chi connectivity index (χ1) is 11.8. The zero-order chi connectivity index (χ0) is 19.0. The fourth-order valence-corrected chi connectivity index (χ4v) is 2.29. The topological polar surface area (TPSA) is 96.0 Å². The van der Waals surface area contributed by atoms with Crippen molar-refractivity contribution in [2.75, 3.05) is 17.2 Å². The number of carbonyl (C=O) groups excluding carboxylic acids is 1. The molecule has 0 bridgehead atoms. The molecule has 3 N–H and O–H groups in total. The van der Waals surface area contributed by atoms with E-state index in [1.807, 2.05) is 13.8 Å². The van der Waals surface area contributed by atoms with E-state index < -0.39 is 30.8 Å². The molecule has 2 aromatic heterocycles. The smallest absolute Gasteiger partial charge is 0.390 e. The lowest BCUT2D eigenvalue weighted by atomic mass is 10.2. The highest BCUT2D eigenvalue weighted by atomic mass is 32.1. The van der Waals surface area contributed by atoms with Gasteiger partial charge in [0.25, 0.3) is 5.91 Å². The largest absolute Gasteiger partial charge is 0.399 e. The summed E-state index contributed by atoms with van der Waals surface area (Å²) in [5.74, 6) is -0.956. The lowest BCUT2D eigenvalue weighted by Gasteiger charge is -2.22. The second kappa shape index (κ2) is 9.11. The average molecular weight is 373 g/mol. The highest BCUT2D eigenvalue weighted by molar-refractivity contribution is 7.12. The van der Waals surface area contributed by atoms with Gasteiger partial charge in [0.15, 0.2) is 5.71 Å². The van der Waals surface area contributed by atoms with Crippen molar-refractivity contribution < 1.29 is 18.0 Å². The molecule has 0 saturated carbocycles. The third kappa shape index (κ3) is 6.14. The van der Waals surface area contributed by atoms with Crippen LogP contribution in [-0.4, -0.2) is 34.3 Å². The number of rotatable bonds is 5. The van der Waals surface area contributed by atoms with E-state index in [1.165, 1.54) is 24.5 Å².